The molecule has 17 heavy (non-hydrogen) atoms. The molecule has 1 unspecified atom stereocenters. The van der Waals surface area contributed by atoms with E-state index in [-0.39, 0.29) is 5.92 Å². The molecule has 0 aliphatic carbocycles. The number of nitriles is 1. The van der Waals surface area contributed by atoms with E-state index in [1.54, 1.807) is 25.3 Å². The summed E-state index contributed by atoms with van der Waals surface area (Å²) >= 11 is 5.96. The molecule has 0 amide bonds. The maximum Gasteiger partial charge on any atom is 0.228 e. The van der Waals surface area contributed by atoms with Crippen molar-refractivity contribution >= 4 is 11.6 Å². The molecule has 86 valence electrons. The van der Waals surface area contributed by atoms with Gasteiger partial charge in [0, 0.05) is 12.6 Å². The van der Waals surface area contributed by atoms with Crippen molar-refractivity contribution in [1.82, 2.24) is 15.1 Å². The lowest BCUT2D eigenvalue weighted by Crippen LogP contribution is -1.96. The maximum absolute atomic E-state index is 8.69. The minimum absolute atomic E-state index is 0.164. The SMILES string of the molecule is CC(C#N)Cc1nc(-c2ncccc2Cl)no1. The first kappa shape index (κ1) is 11.6. The average Bonchev–Trinajstić information content (AvgIpc) is 2.78. The number of aromatic nitrogens is 3. The second-order valence-electron chi connectivity index (χ2n) is 3.58. The van der Waals surface area contributed by atoms with E-state index in [1.165, 1.54) is 0 Å². The quantitative estimate of drug-likeness (QED) is 0.834. The highest BCUT2D eigenvalue weighted by atomic mass is 35.5. The molecule has 0 saturated heterocycles. The van der Waals surface area contributed by atoms with Crippen LogP contribution in [0.25, 0.3) is 11.5 Å². The van der Waals surface area contributed by atoms with Crippen LogP contribution < -0.4 is 0 Å². The van der Waals surface area contributed by atoms with Gasteiger partial charge in [0.25, 0.3) is 0 Å². The molecule has 2 aromatic heterocycles. The second-order valence-corrected chi connectivity index (χ2v) is 3.99. The predicted molar refractivity (Wildman–Crippen MR) is 61.0 cm³/mol. The molecule has 0 aliphatic heterocycles. The first-order valence-corrected chi connectivity index (χ1v) is 5.41. The van der Waals surface area contributed by atoms with Crippen LogP contribution in [0.1, 0.15) is 12.8 Å². The van der Waals surface area contributed by atoms with Crippen LogP contribution in [-0.2, 0) is 6.42 Å². The summed E-state index contributed by atoms with van der Waals surface area (Å²) < 4.78 is 5.04. The van der Waals surface area contributed by atoms with Crippen molar-refractivity contribution in [2.45, 2.75) is 13.3 Å². The van der Waals surface area contributed by atoms with E-state index in [0.29, 0.717) is 28.9 Å². The third kappa shape index (κ3) is 2.60. The van der Waals surface area contributed by atoms with Crippen LogP contribution in [0.15, 0.2) is 22.9 Å². The van der Waals surface area contributed by atoms with Gasteiger partial charge in [-0.05, 0) is 19.1 Å². The van der Waals surface area contributed by atoms with Crippen LogP contribution in [0.4, 0.5) is 0 Å². The van der Waals surface area contributed by atoms with Crippen LogP contribution in [0, 0.1) is 17.2 Å². The van der Waals surface area contributed by atoms with Crippen molar-refractivity contribution < 1.29 is 4.52 Å². The van der Waals surface area contributed by atoms with E-state index < -0.39 is 0 Å². The van der Waals surface area contributed by atoms with E-state index in [9.17, 15) is 0 Å². The molecule has 1 atom stereocenters. The van der Waals surface area contributed by atoms with Gasteiger partial charge in [-0.2, -0.15) is 10.2 Å². The fourth-order valence-corrected chi connectivity index (χ4v) is 1.50. The molecular formula is C11H9ClN4O. The number of nitrogens with zero attached hydrogens (tertiary/aromatic N) is 4. The number of pyridine rings is 1. The lowest BCUT2D eigenvalue weighted by atomic mass is 10.1. The molecule has 6 heteroatoms. The molecule has 2 aromatic rings. The Kier molecular flexibility index (Phi) is 3.35. The van der Waals surface area contributed by atoms with E-state index in [1.807, 2.05) is 0 Å². The fraction of sp³-hybridized carbons (Fsp3) is 0.273. The number of hydrogen-bond acceptors (Lipinski definition) is 5. The van der Waals surface area contributed by atoms with Gasteiger partial charge in [0.1, 0.15) is 5.69 Å². The van der Waals surface area contributed by atoms with Crippen LogP contribution in [-0.4, -0.2) is 15.1 Å². The highest BCUT2D eigenvalue weighted by molar-refractivity contribution is 6.32. The molecule has 0 spiro atoms. The van der Waals surface area contributed by atoms with Gasteiger partial charge in [-0.25, -0.2) is 0 Å². The smallest absolute Gasteiger partial charge is 0.228 e. The summed E-state index contributed by atoms with van der Waals surface area (Å²) in [6.07, 6.45) is 2.03. The Morgan fingerprint density at radius 3 is 3.12 bits per heavy atom. The zero-order chi connectivity index (χ0) is 12.3. The molecule has 0 fully saturated rings. The summed E-state index contributed by atoms with van der Waals surface area (Å²) in [6.45, 7) is 1.79. The summed E-state index contributed by atoms with van der Waals surface area (Å²) in [5, 5.41) is 12.9. The van der Waals surface area contributed by atoms with Crippen molar-refractivity contribution in [3.05, 3.63) is 29.2 Å². The molecule has 0 N–H and O–H groups in total. The third-order valence-corrected chi connectivity index (χ3v) is 2.44. The maximum atomic E-state index is 8.69. The van der Waals surface area contributed by atoms with Gasteiger partial charge in [0.2, 0.25) is 11.7 Å². The highest BCUT2D eigenvalue weighted by Crippen LogP contribution is 2.22. The Balaban J connectivity index is 2.25. The van der Waals surface area contributed by atoms with Crippen molar-refractivity contribution in [3.63, 3.8) is 0 Å². The summed E-state index contributed by atoms with van der Waals surface area (Å²) in [7, 11) is 0. The molecule has 2 rings (SSSR count). The predicted octanol–water partition coefficient (Wildman–Crippen LogP) is 2.49. The monoisotopic (exact) mass is 248 g/mol. The normalized spacial score (nSPS) is 12.1. The Bertz CT molecular complexity index is 561. The Labute approximate surface area is 103 Å². The van der Waals surface area contributed by atoms with Crippen LogP contribution >= 0.6 is 11.6 Å². The molecule has 0 radical (unpaired) electrons. The van der Waals surface area contributed by atoms with Crippen LogP contribution in [0.2, 0.25) is 5.02 Å². The molecule has 0 aromatic carbocycles. The standard InChI is InChI=1S/C11H9ClN4O/c1-7(6-13)5-9-15-11(16-17-9)10-8(12)3-2-4-14-10/h2-4,7H,5H2,1H3. The largest absolute Gasteiger partial charge is 0.339 e. The summed E-state index contributed by atoms with van der Waals surface area (Å²) in [5.41, 5.74) is 0.480. The van der Waals surface area contributed by atoms with E-state index in [0.717, 1.165) is 0 Å². The molecule has 0 saturated carbocycles. The molecule has 2 heterocycles. The first-order valence-electron chi connectivity index (χ1n) is 5.04. The van der Waals surface area contributed by atoms with E-state index in [2.05, 4.69) is 21.2 Å². The lowest BCUT2D eigenvalue weighted by Gasteiger charge is -1.95. The van der Waals surface area contributed by atoms with Crippen molar-refractivity contribution in [2.24, 2.45) is 5.92 Å². The Morgan fingerprint density at radius 2 is 2.41 bits per heavy atom. The van der Waals surface area contributed by atoms with Crippen molar-refractivity contribution in [3.8, 4) is 17.6 Å². The third-order valence-electron chi connectivity index (χ3n) is 2.14. The molecule has 0 aliphatic rings. The first-order chi connectivity index (χ1) is 8.20. The highest BCUT2D eigenvalue weighted by Gasteiger charge is 2.14. The van der Waals surface area contributed by atoms with E-state index in [4.69, 9.17) is 21.4 Å². The number of halogens is 1. The zero-order valence-corrected chi connectivity index (χ0v) is 9.85. The minimum atomic E-state index is -0.164. The lowest BCUT2D eigenvalue weighted by molar-refractivity contribution is 0.369. The van der Waals surface area contributed by atoms with Crippen molar-refractivity contribution in [1.29, 1.82) is 5.26 Å². The number of rotatable bonds is 3. The summed E-state index contributed by atoms with van der Waals surface area (Å²) in [5.74, 6) is 0.592. The molecule has 5 nitrogen and oxygen atoms in total. The molecular weight excluding hydrogens is 240 g/mol. The summed E-state index contributed by atoms with van der Waals surface area (Å²) in [6, 6.07) is 5.54. The van der Waals surface area contributed by atoms with Gasteiger partial charge in [0.15, 0.2) is 0 Å². The Hall–Kier alpha value is -1.93. The van der Waals surface area contributed by atoms with E-state index >= 15 is 0 Å². The topological polar surface area (TPSA) is 75.6 Å². The summed E-state index contributed by atoms with van der Waals surface area (Å²) in [4.78, 5) is 8.23. The van der Waals surface area contributed by atoms with Gasteiger partial charge in [0.05, 0.1) is 17.0 Å². The number of hydrogen-bond donors (Lipinski definition) is 0. The van der Waals surface area contributed by atoms with Crippen LogP contribution in [0.5, 0.6) is 0 Å². The van der Waals surface area contributed by atoms with Crippen LogP contribution in [0.3, 0.4) is 0 Å². The fourth-order valence-electron chi connectivity index (χ4n) is 1.29. The minimum Gasteiger partial charge on any atom is -0.339 e. The van der Waals surface area contributed by atoms with Crippen molar-refractivity contribution in [2.75, 3.05) is 0 Å². The zero-order valence-electron chi connectivity index (χ0n) is 9.09. The second kappa shape index (κ2) is 4.93. The Morgan fingerprint density at radius 1 is 1.59 bits per heavy atom. The average molecular weight is 249 g/mol. The van der Waals surface area contributed by atoms with Gasteiger partial charge in [-0.3, -0.25) is 4.98 Å². The molecule has 0 bridgehead atoms. The van der Waals surface area contributed by atoms with Gasteiger partial charge >= 0.3 is 0 Å². The van der Waals surface area contributed by atoms with Gasteiger partial charge < -0.3 is 4.52 Å². The van der Waals surface area contributed by atoms with Gasteiger partial charge in [-0.1, -0.05) is 16.8 Å². The van der Waals surface area contributed by atoms with Gasteiger partial charge in [-0.15, -0.1) is 0 Å².